The van der Waals surface area contributed by atoms with Gasteiger partial charge in [-0.2, -0.15) is 0 Å². The van der Waals surface area contributed by atoms with Crippen molar-refractivity contribution in [1.82, 2.24) is 9.97 Å². The van der Waals surface area contributed by atoms with Crippen LogP contribution in [0.15, 0.2) is 59.3 Å². The summed E-state index contributed by atoms with van der Waals surface area (Å²) in [7, 11) is 0. The smallest absolute Gasteiger partial charge is 0.372 e. The first-order valence-corrected chi connectivity index (χ1v) is 11.3. The number of carbonyl (C=O) groups excluding carboxylic acids is 1. The van der Waals surface area contributed by atoms with Crippen LogP contribution in [0.3, 0.4) is 0 Å². The maximum Gasteiger partial charge on any atom is 0.372 e. The number of ketones is 1. The van der Waals surface area contributed by atoms with Crippen LogP contribution in [0.2, 0.25) is 0 Å². The summed E-state index contributed by atoms with van der Waals surface area (Å²) in [5.41, 5.74) is 3.50. The Labute approximate surface area is 195 Å². The van der Waals surface area contributed by atoms with Gasteiger partial charge in [0.05, 0.1) is 11.1 Å². The van der Waals surface area contributed by atoms with Gasteiger partial charge in [-0.1, -0.05) is 56.2 Å². The quantitative estimate of drug-likeness (QED) is 0.162. The highest BCUT2D eigenvalue weighted by Gasteiger charge is 2.32. The first-order valence-electron chi connectivity index (χ1n) is 11.3. The monoisotopic (exact) mass is 456 g/mol. The van der Waals surface area contributed by atoms with Crippen molar-refractivity contribution >= 4 is 33.6 Å². The van der Waals surface area contributed by atoms with Crippen molar-refractivity contribution < 1.29 is 24.2 Å². The lowest BCUT2D eigenvalue weighted by Crippen LogP contribution is -1.99. The number of aromatic amines is 2. The van der Waals surface area contributed by atoms with Gasteiger partial charge < -0.3 is 24.6 Å². The van der Waals surface area contributed by atoms with Crippen molar-refractivity contribution in [2.24, 2.45) is 0 Å². The summed E-state index contributed by atoms with van der Waals surface area (Å²) in [4.78, 5) is 31.7. The van der Waals surface area contributed by atoms with E-state index in [2.05, 4.69) is 16.9 Å². The SMILES string of the molecule is CCCCCc1cccc2c(C(=O)c3oc(C(=O)O)c(-c4c[nH]c5ccccc45)c3O)c[nH]c12. The average Bonchev–Trinajstić information content (AvgIpc) is 3.54. The zero-order valence-corrected chi connectivity index (χ0v) is 18.6. The van der Waals surface area contributed by atoms with Crippen LogP contribution in [0.4, 0.5) is 0 Å². The maximum absolute atomic E-state index is 13.5. The number of furan rings is 1. The van der Waals surface area contributed by atoms with Crippen LogP contribution in [0.1, 0.15) is 58.4 Å². The molecule has 0 radical (unpaired) electrons. The van der Waals surface area contributed by atoms with Gasteiger partial charge in [0, 0.05) is 39.8 Å². The summed E-state index contributed by atoms with van der Waals surface area (Å²) >= 11 is 0. The highest BCUT2D eigenvalue weighted by Crippen LogP contribution is 2.42. The standard InChI is InChI=1S/C27H24N2O5/c1-2-3-4-8-15-9-7-11-17-19(14-29-22(15)17)23(30)26-24(31)21(25(34-26)27(32)33)18-13-28-20-12-6-5-10-16(18)20/h5-7,9-14,28-29,31H,2-4,8H2,1H3,(H,32,33). The number of rotatable bonds is 8. The van der Waals surface area contributed by atoms with Gasteiger partial charge in [0.2, 0.25) is 17.3 Å². The lowest BCUT2D eigenvalue weighted by atomic mass is 10.00. The molecule has 0 unspecified atom stereocenters. The molecule has 5 aromatic rings. The summed E-state index contributed by atoms with van der Waals surface area (Å²) in [5.74, 6) is -3.31. The molecule has 0 spiro atoms. The number of benzene rings is 2. The summed E-state index contributed by atoms with van der Waals surface area (Å²) in [6.07, 6.45) is 7.37. The number of carboxylic acids is 1. The van der Waals surface area contributed by atoms with Gasteiger partial charge in [-0.15, -0.1) is 0 Å². The lowest BCUT2D eigenvalue weighted by molar-refractivity contribution is 0.0661. The first kappa shape index (κ1) is 21.6. The van der Waals surface area contributed by atoms with E-state index in [0.29, 0.717) is 21.9 Å². The molecule has 172 valence electrons. The molecule has 2 aromatic carbocycles. The van der Waals surface area contributed by atoms with Gasteiger partial charge in [-0.25, -0.2) is 4.79 Å². The third-order valence-electron chi connectivity index (χ3n) is 6.24. The summed E-state index contributed by atoms with van der Waals surface area (Å²) in [5, 5.41) is 22.2. The van der Waals surface area contributed by atoms with Gasteiger partial charge in [0.25, 0.3) is 0 Å². The molecule has 34 heavy (non-hydrogen) atoms. The molecule has 0 atom stereocenters. The lowest BCUT2D eigenvalue weighted by Gasteiger charge is -2.03. The van der Waals surface area contributed by atoms with E-state index in [1.807, 2.05) is 36.4 Å². The number of fused-ring (bicyclic) bond motifs is 2. The second-order valence-corrected chi connectivity index (χ2v) is 8.37. The van der Waals surface area contributed by atoms with Crippen LogP contribution >= 0.6 is 0 Å². The van der Waals surface area contributed by atoms with E-state index >= 15 is 0 Å². The second-order valence-electron chi connectivity index (χ2n) is 8.37. The number of hydrogen-bond acceptors (Lipinski definition) is 4. The van der Waals surface area contributed by atoms with E-state index in [4.69, 9.17) is 4.42 Å². The minimum Gasteiger partial charge on any atom is -0.504 e. The fourth-order valence-electron chi connectivity index (χ4n) is 4.56. The molecule has 5 rings (SSSR count). The number of carbonyl (C=O) groups is 2. The number of aryl methyl sites for hydroxylation is 1. The van der Waals surface area contributed by atoms with Gasteiger partial charge >= 0.3 is 5.97 Å². The number of nitrogens with one attached hydrogen (secondary N) is 2. The summed E-state index contributed by atoms with van der Waals surface area (Å²) in [6, 6.07) is 13.1. The number of unbranched alkanes of at least 4 members (excludes halogenated alkanes) is 2. The topological polar surface area (TPSA) is 119 Å². The molecule has 7 nitrogen and oxygen atoms in total. The van der Waals surface area contributed by atoms with E-state index in [9.17, 15) is 19.8 Å². The zero-order chi connectivity index (χ0) is 23.8. The molecule has 0 aliphatic rings. The number of hydrogen-bond donors (Lipinski definition) is 4. The van der Waals surface area contributed by atoms with Gasteiger partial charge in [-0.3, -0.25) is 4.79 Å². The predicted molar refractivity (Wildman–Crippen MR) is 130 cm³/mol. The highest BCUT2D eigenvalue weighted by atomic mass is 16.4. The van der Waals surface area contributed by atoms with E-state index in [1.54, 1.807) is 18.5 Å². The van der Waals surface area contributed by atoms with Crippen molar-refractivity contribution in [3.8, 4) is 16.9 Å². The molecular weight excluding hydrogens is 432 g/mol. The Morgan fingerprint density at radius 2 is 1.74 bits per heavy atom. The minimum absolute atomic E-state index is 0.0200. The highest BCUT2D eigenvalue weighted by molar-refractivity contribution is 6.18. The van der Waals surface area contributed by atoms with Crippen LogP contribution in [-0.2, 0) is 6.42 Å². The molecule has 4 N–H and O–H groups in total. The molecule has 0 amide bonds. The Bertz CT molecular complexity index is 1540. The fraction of sp³-hybridized carbons (Fsp3) is 0.185. The van der Waals surface area contributed by atoms with Crippen molar-refractivity contribution in [1.29, 1.82) is 0 Å². The average molecular weight is 456 g/mol. The molecule has 3 heterocycles. The molecule has 0 aliphatic carbocycles. The Morgan fingerprint density at radius 1 is 0.941 bits per heavy atom. The molecule has 0 saturated heterocycles. The van der Waals surface area contributed by atoms with Crippen LogP contribution in [0.25, 0.3) is 32.9 Å². The molecule has 0 aliphatic heterocycles. The number of carboxylic acid groups (broad SMARTS) is 1. The normalized spacial score (nSPS) is 11.4. The summed E-state index contributed by atoms with van der Waals surface area (Å²) in [6.45, 7) is 2.15. The number of aromatic hydroxyl groups is 1. The van der Waals surface area contributed by atoms with Crippen molar-refractivity contribution in [3.05, 3.63) is 77.5 Å². The molecule has 0 saturated carbocycles. The Balaban J connectivity index is 1.61. The van der Waals surface area contributed by atoms with Crippen LogP contribution < -0.4 is 0 Å². The van der Waals surface area contributed by atoms with Gasteiger partial charge in [-0.05, 0) is 24.5 Å². The number of aromatic nitrogens is 2. The molecule has 0 fully saturated rings. The van der Waals surface area contributed by atoms with Crippen LogP contribution in [0, 0.1) is 0 Å². The predicted octanol–water partition coefficient (Wildman–Crippen LogP) is 6.28. The number of aromatic carboxylic acids is 1. The summed E-state index contributed by atoms with van der Waals surface area (Å²) < 4.78 is 5.50. The van der Waals surface area contributed by atoms with E-state index in [0.717, 1.165) is 42.3 Å². The maximum atomic E-state index is 13.5. The van der Waals surface area contributed by atoms with Crippen molar-refractivity contribution in [2.75, 3.05) is 0 Å². The van der Waals surface area contributed by atoms with Gasteiger partial charge in [0.15, 0.2) is 5.75 Å². The van der Waals surface area contributed by atoms with E-state index in [-0.39, 0.29) is 5.56 Å². The molecule has 7 heteroatoms. The third kappa shape index (κ3) is 3.46. The largest absolute Gasteiger partial charge is 0.504 e. The zero-order valence-electron chi connectivity index (χ0n) is 18.6. The number of para-hydroxylation sites is 2. The second kappa shape index (κ2) is 8.59. The number of H-pyrrole nitrogens is 2. The molecule has 3 aromatic heterocycles. The minimum atomic E-state index is -1.37. The van der Waals surface area contributed by atoms with Crippen molar-refractivity contribution in [3.63, 3.8) is 0 Å². The van der Waals surface area contributed by atoms with Crippen molar-refractivity contribution in [2.45, 2.75) is 32.6 Å². The Morgan fingerprint density at radius 3 is 2.53 bits per heavy atom. The van der Waals surface area contributed by atoms with E-state index < -0.39 is 29.0 Å². The Kier molecular flexibility index (Phi) is 5.45. The Hall–Kier alpha value is -4.26. The van der Waals surface area contributed by atoms with Gasteiger partial charge in [0.1, 0.15) is 0 Å². The molecular formula is C27H24N2O5. The molecule has 0 bridgehead atoms. The fourth-order valence-corrected chi connectivity index (χ4v) is 4.56. The van der Waals surface area contributed by atoms with Crippen LogP contribution in [0.5, 0.6) is 5.75 Å². The van der Waals surface area contributed by atoms with E-state index in [1.165, 1.54) is 0 Å². The first-order chi connectivity index (χ1) is 16.5. The third-order valence-corrected chi connectivity index (χ3v) is 6.24. The van der Waals surface area contributed by atoms with Crippen LogP contribution in [-0.4, -0.2) is 31.9 Å².